The van der Waals surface area contributed by atoms with Crippen molar-refractivity contribution in [3.05, 3.63) is 11.6 Å². The fourth-order valence-corrected chi connectivity index (χ4v) is 6.76. The molecule has 3 nitrogen and oxygen atoms in total. The van der Waals surface area contributed by atoms with Crippen molar-refractivity contribution in [3.8, 4) is 0 Å². The van der Waals surface area contributed by atoms with Gasteiger partial charge in [0.2, 0.25) is 0 Å². The van der Waals surface area contributed by atoms with Gasteiger partial charge < -0.3 is 9.84 Å². The Bertz CT molecular complexity index is 535. The number of methoxy groups -OCH3 is 1. The van der Waals surface area contributed by atoms with Gasteiger partial charge in [0.05, 0.1) is 7.11 Å². The molecule has 24 heavy (non-hydrogen) atoms. The van der Waals surface area contributed by atoms with Crippen molar-refractivity contribution in [3.63, 3.8) is 0 Å². The van der Waals surface area contributed by atoms with E-state index in [-0.39, 0.29) is 23.4 Å². The predicted octanol–water partition coefficient (Wildman–Crippen LogP) is 4.49. The van der Waals surface area contributed by atoms with Gasteiger partial charge in [0.25, 0.3) is 0 Å². The molecule has 2 saturated carbocycles. The van der Waals surface area contributed by atoms with Crippen LogP contribution in [0.1, 0.15) is 72.1 Å². The Morgan fingerprint density at radius 1 is 1.21 bits per heavy atom. The largest absolute Gasteiger partial charge is 0.466 e. The fourth-order valence-electron chi connectivity index (χ4n) is 6.76. The summed E-state index contributed by atoms with van der Waals surface area (Å²) in [4.78, 5) is 12.0. The third-order valence-electron chi connectivity index (χ3n) is 8.00. The molecule has 0 aromatic heterocycles. The summed E-state index contributed by atoms with van der Waals surface area (Å²) in [5.41, 5.74) is 1.45. The highest BCUT2D eigenvalue weighted by Gasteiger charge is 2.59. The Kier molecular flexibility index (Phi) is 4.61. The van der Waals surface area contributed by atoms with Gasteiger partial charge in [-0.05, 0) is 73.0 Å². The van der Waals surface area contributed by atoms with Crippen LogP contribution in [0.4, 0.5) is 0 Å². The van der Waals surface area contributed by atoms with Crippen molar-refractivity contribution >= 4 is 5.97 Å². The molecule has 0 bridgehead atoms. The topological polar surface area (TPSA) is 46.5 Å². The number of aliphatic hydroxyl groups is 1. The molecule has 2 fully saturated rings. The van der Waals surface area contributed by atoms with Crippen molar-refractivity contribution in [1.82, 2.24) is 0 Å². The number of allylic oxidation sites excluding steroid dienone is 1. The standard InChI is InChI=1S/C21H34O3/c1-19(2)10-5-11-20(3)16(19)9-13-21(14-22)12-8-15(18(23)24-4)6-7-17(20)21/h6,16-17,22H,5,7-14H2,1-4H3. The Balaban J connectivity index is 1.98. The van der Waals surface area contributed by atoms with Gasteiger partial charge in [-0.25, -0.2) is 4.79 Å². The molecule has 3 heteroatoms. The van der Waals surface area contributed by atoms with E-state index < -0.39 is 0 Å². The normalized spacial score (nSPS) is 41.5. The van der Waals surface area contributed by atoms with E-state index in [2.05, 4.69) is 26.8 Å². The Labute approximate surface area is 146 Å². The van der Waals surface area contributed by atoms with Crippen LogP contribution in [0.2, 0.25) is 0 Å². The smallest absolute Gasteiger partial charge is 0.333 e. The van der Waals surface area contributed by atoms with E-state index in [4.69, 9.17) is 4.74 Å². The SMILES string of the molecule is COC(=O)C1=CCC2C(CO)(CC1)CCC1C(C)(C)CCCC12C. The molecule has 1 N–H and O–H groups in total. The highest BCUT2D eigenvalue weighted by molar-refractivity contribution is 5.88. The van der Waals surface area contributed by atoms with E-state index in [0.29, 0.717) is 11.3 Å². The Morgan fingerprint density at radius 2 is 1.96 bits per heavy atom. The van der Waals surface area contributed by atoms with Gasteiger partial charge >= 0.3 is 5.97 Å². The van der Waals surface area contributed by atoms with E-state index in [0.717, 1.165) is 37.2 Å². The highest BCUT2D eigenvalue weighted by atomic mass is 16.5. The number of carbonyl (C=O) groups is 1. The molecule has 0 saturated heterocycles. The van der Waals surface area contributed by atoms with Crippen LogP contribution in [0, 0.1) is 28.1 Å². The molecule has 4 atom stereocenters. The first-order valence-corrected chi connectivity index (χ1v) is 9.67. The molecule has 3 aliphatic carbocycles. The van der Waals surface area contributed by atoms with Crippen molar-refractivity contribution < 1.29 is 14.6 Å². The first-order valence-electron chi connectivity index (χ1n) is 9.67. The fraction of sp³-hybridized carbons (Fsp3) is 0.857. The number of hydrogen-bond donors (Lipinski definition) is 1. The van der Waals surface area contributed by atoms with Crippen molar-refractivity contribution in [2.24, 2.45) is 28.1 Å². The molecule has 0 aromatic carbocycles. The zero-order valence-corrected chi connectivity index (χ0v) is 15.9. The van der Waals surface area contributed by atoms with Crippen LogP contribution in [-0.2, 0) is 9.53 Å². The molecule has 0 radical (unpaired) electrons. The van der Waals surface area contributed by atoms with Crippen LogP contribution < -0.4 is 0 Å². The summed E-state index contributed by atoms with van der Waals surface area (Å²) in [6.45, 7) is 7.60. The van der Waals surface area contributed by atoms with Gasteiger partial charge in [-0.1, -0.05) is 33.3 Å². The number of ether oxygens (including phenoxy) is 1. The first kappa shape index (κ1) is 18.0. The third kappa shape index (κ3) is 2.64. The van der Waals surface area contributed by atoms with E-state index in [1.54, 1.807) is 0 Å². The second-order valence-corrected chi connectivity index (χ2v) is 9.47. The lowest BCUT2D eigenvalue weighted by molar-refractivity contribution is -0.148. The molecule has 4 unspecified atom stereocenters. The zero-order chi connectivity index (χ0) is 17.6. The van der Waals surface area contributed by atoms with Crippen LogP contribution in [0.25, 0.3) is 0 Å². The summed E-state index contributed by atoms with van der Waals surface area (Å²) < 4.78 is 4.96. The van der Waals surface area contributed by atoms with Crippen LogP contribution >= 0.6 is 0 Å². The van der Waals surface area contributed by atoms with E-state index in [1.165, 1.54) is 32.8 Å². The lowest BCUT2D eigenvalue weighted by atomic mass is 9.42. The van der Waals surface area contributed by atoms with Gasteiger partial charge in [-0.3, -0.25) is 0 Å². The third-order valence-corrected chi connectivity index (χ3v) is 8.00. The molecule has 0 spiro atoms. The Morgan fingerprint density at radius 3 is 2.62 bits per heavy atom. The minimum atomic E-state index is -0.188. The van der Waals surface area contributed by atoms with E-state index in [1.807, 2.05) is 0 Å². The van der Waals surface area contributed by atoms with Crippen LogP contribution in [-0.4, -0.2) is 24.8 Å². The number of esters is 1. The quantitative estimate of drug-likeness (QED) is 0.757. The number of aliphatic hydroxyl groups excluding tert-OH is 1. The molecule has 0 amide bonds. The van der Waals surface area contributed by atoms with Gasteiger partial charge in [0.15, 0.2) is 0 Å². The molecule has 3 rings (SSSR count). The summed E-state index contributed by atoms with van der Waals surface area (Å²) >= 11 is 0. The summed E-state index contributed by atoms with van der Waals surface area (Å²) in [5, 5.41) is 10.4. The summed E-state index contributed by atoms with van der Waals surface area (Å²) in [6, 6.07) is 0. The van der Waals surface area contributed by atoms with E-state index >= 15 is 0 Å². The number of hydrogen-bond acceptors (Lipinski definition) is 3. The van der Waals surface area contributed by atoms with E-state index in [9.17, 15) is 9.90 Å². The average Bonchev–Trinajstić information content (AvgIpc) is 2.74. The average molecular weight is 335 g/mol. The minimum Gasteiger partial charge on any atom is -0.466 e. The maximum Gasteiger partial charge on any atom is 0.333 e. The maximum atomic E-state index is 12.0. The van der Waals surface area contributed by atoms with Gasteiger partial charge in [0, 0.05) is 12.2 Å². The Hall–Kier alpha value is -0.830. The van der Waals surface area contributed by atoms with Crippen LogP contribution in [0.5, 0.6) is 0 Å². The van der Waals surface area contributed by atoms with Gasteiger partial charge in [-0.15, -0.1) is 0 Å². The lowest BCUT2D eigenvalue weighted by Crippen LogP contribution is -2.56. The van der Waals surface area contributed by atoms with Crippen molar-refractivity contribution in [2.45, 2.75) is 72.1 Å². The lowest BCUT2D eigenvalue weighted by Gasteiger charge is -2.63. The van der Waals surface area contributed by atoms with Crippen molar-refractivity contribution in [1.29, 1.82) is 0 Å². The van der Waals surface area contributed by atoms with Crippen molar-refractivity contribution in [2.75, 3.05) is 13.7 Å². The minimum absolute atomic E-state index is 0.0229. The number of fused-ring (bicyclic) bond motifs is 3. The molecule has 0 heterocycles. The molecular weight excluding hydrogens is 300 g/mol. The maximum absolute atomic E-state index is 12.0. The monoisotopic (exact) mass is 334 g/mol. The van der Waals surface area contributed by atoms with Gasteiger partial charge in [-0.2, -0.15) is 0 Å². The zero-order valence-electron chi connectivity index (χ0n) is 15.9. The summed E-state index contributed by atoms with van der Waals surface area (Å²) in [6.07, 6.45) is 10.9. The number of rotatable bonds is 2. The van der Waals surface area contributed by atoms with Crippen LogP contribution in [0.15, 0.2) is 11.6 Å². The molecule has 0 aliphatic heterocycles. The number of carbonyl (C=O) groups excluding carboxylic acids is 1. The molecular formula is C21H34O3. The van der Waals surface area contributed by atoms with Crippen LogP contribution in [0.3, 0.4) is 0 Å². The second kappa shape index (κ2) is 6.16. The highest BCUT2D eigenvalue weighted by Crippen LogP contribution is 2.66. The molecule has 3 aliphatic rings. The molecule has 136 valence electrons. The molecule has 0 aromatic rings. The summed E-state index contributed by atoms with van der Waals surface area (Å²) in [5.74, 6) is 0.999. The summed E-state index contributed by atoms with van der Waals surface area (Å²) in [7, 11) is 1.46. The van der Waals surface area contributed by atoms with Gasteiger partial charge in [0.1, 0.15) is 0 Å². The second-order valence-electron chi connectivity index (χ2n) is 9.47. The predicted molar refractivity (Wildman–Crippen MR) is 95.4 cm³/mol. The first-order chi connectivity index (χ1) is 11.3.